The van der Waals surface area contributed by atoms with Crippen molar-refractivity contribution in [2.24, 2.45) is 11.8 Å². The van der Waals surface area contributed by atoms with Crippen molar-refractivity contribution in [3.63, 3.8) is 0 Å². The summed E-state index contributed by atoms with van der Waals surface area (Å²) >= 11 is -5.57. The van der Waals surface area contributed by atoms with E-state index in [-0.39, 0.29) is 0 Å². The van der Waals surface area contributed by atoms with Gasteiger partial charge in [0.25, 0.3) is 0 Å². The van der Waals surface area contributed by atoms with Crippen LogP contribution in [0.25, 0.3) is 12.2 Å². The maximum absolute atomic E-state index is 9.25. The molecule has 4 aromatic carbocycles. The van der Waals surface area contributed by atoms with Gasteiger partial charge in [0, 0.05) is 0 Å². The van der Waals surface area contributed by atoms with Gasteiger partial charge in [-0.05, 0) is 0 Å². The summed E-state index contributed by atoms with van der Waals surface area (Å²) in [4.78, 5) is 0. The Balaban J connectivity index is 1.83. The normalized spacial score (nSPS) is 22.0. The van der Waals surface area contributed by atoms with Crippen molar-refractivity contribution in [2.75, 3.05) is 0 Å². The predicted molar refractivity (Wildman–Crippen MR) is 193 cm³/mol. The minimum absolute atomic E-state index is 0.295. The third-order valence-electron chi connectivity index (χ3n) is 10.9. The average molecular weight is 803 g/mol. The number of fused-ring (bicyclic) bond motifs is 2. The molecule has 4 heteroatoms. The van der Waals surface area contributed by atoms with Crippen molar-refractivity contribution in [2.45, 2.75) is 60.0 Å². The molecule has 0 saturated heterocycles. The summed E-state index contributed by atoms with van der Waals surface area (Å²) in [6.45, 7) is 14.4. The van der Waals surface area contributed by atoms with Crippen molar-refractivity contribution in [3.8, 4) is 0 Å². The molecule has 0 fully saturated rings. The van der Waals surface area contributed by atoms with E-state index in [2.05, 4.69) is 162 Å². The molecule has 0 radical (unpaired) electrons. The third kappa shape index (κ3) is 4.38. The Labute approximate surface area is 274 Å². The van der Waals surface area contributed by atoms with E-state index in [4.69, 9.17) is 0 Å². The van der Waals surface area contributed by atoms with Crippen molar-refractivity contribution >= 4 is 35.3 Å². The van der Waals surface area contributed by atoms with E-state index in [1.165, 1.54) is 44.5 Å². The van der Waals surface area contributed by atoms with Gasteiger partial charge in [-0.3, -0.25) is 0 Å². The molecule has 44 heavy (non-hydrogen) atoms. The molecule has 2 unspecified atom stereocenters. The zero-order chi connectivity index (χ0) is 31.4. The average Bonchev–Trinajstić information content (AvgIpc) is 3.54. The van der Waals surface area contributed by atoms with Crippen LogP contribution in [0.15, 0.2) is 120 Å². The second kappa shape index (κ2) is 11.7. The van der Waals surface area contributed by atoms with Crippen LogP contribution >= 0.6 is 17.2 Å². The molecule has 0 N–H and O–H groups in total. The zero-order valence-electron chi connectivity index (χ0n) is 26.9. The summed E-state index contributed by atoms with van der Waals surface area (Å²) in [5.41, 5.74) is 10.8. The quantitative estimate of drug-likeness (QED) is 0.148. The Morgan fingerprint density at radius 2 is 0.886 bits per heavy atom. The van der Waals surface area contributed by atoms with Crippen LogP contribution in [0, 0.1) is 11.8 Å². The van der Waals surface area contributed by atoms with Gasteiger partial charge >= 0.3 is 276 Å². The number of benzene rings is 4. The Hall–Kier alpha value is -1.97. The summed E-state index contributed by atoms with van der Waals surface area (Å²) in [5, 5.41) is 0. The zero-order valence-corrected chi connectivity index (χ0v) is 33.2. The molecule has 0 heterocycles. The van der Waals surface area contributed by atoms with Gasteiger partial charge in [0.15, 0.2) is 0 Å². The summed E-state index contributed by atoms with van der Waals surface area (Å²) in [6.07, 6.45) is 6.62. The van der Waals surface area contributed by atoms with Crippen LogP contribution in [0.4, 0.5) is 0 Å². The van der Waals surface area contributed by atoms with E-state index in [1.54, 1.807) is 0 Å². The monoisotopic (exact) mass is 803 g/mol. The Morgan fingerprint density at radius 3 is 1.23 bits per heavy atom. The first-order valence-electron chi connectivity index (χ1n) is 16.3. The second-order valence-corrected chi connectivity index (χ2v) is 72.6. The molecule has 6 rings (SSSR count). The van der Waals surface area contributed by atoms with Crippen LogP contribution in [0.5, 0.6) is 0 Å². The van der Waals surface area contributed by atoms with Crippen LogP contribution in [-0.4, -0.2) is 5.98 Å². The molecule has 2 atom stereocenters. The van der Waals surface area contributed by atoms with Crippen LogP contribution < -0.4 is 0 Å². The summed E-state index contributed by atoms with van der Waals surface area (Å²) in [5.74, 6) is -1.26. The molecule has 0 amide bonds. The van der Waals surface area contributed by atoms with E-state index in [9.17, 15) is 17.2 Å². The van der Waals surface area contributed by atoms with E-state index >= 15 is 0 Å². The molecule has 0 aromatic heterocycles. The molecular formula is C40H45Cl2HfSi. The fraction of sp³-hybridized carbons (Fsp3) is 0.300. The van der Waals surface area contributed by atoms with Gasteiger partial charge in [0.2, 0.25) is 0 Å². The molecular weight excluding hydrogens is 758 g/mol. The molecule has 0 aliphatic heterocycles. The molecule has 227 valence electrons. The number of rotatable bonds is 9. The minimum atomic E-state index is -5.57. The van der Waals surface area contributed by atoms with E-state index in [0.717, 1.165) is 12.8 Å². The van der Waals surface area contributed by atoms with Crippen molar-refractivity contribution in [1.82, 2.24) is 0 Å². The summed E-state index contributed by atoms with van der Waals surface area (Å²) in [6, 6.07) is 40.2. The molecule has 0 spiro atoms. The Bertz CT molecular complexity index is 1610. The van der Waals surface area contributed by atoms with E-state index in [1.807, 2.05) is 0 Å². The third-order valence-corrected chi connectivity index (χ3v) is 91.4. The Morgan fingerprint density at radius 1 is 0.545 bits per heavy atom. The SMILES string of the molecule is CC(C)C1=Cc2ccccc2[C]1(Cc1ccccc1)[Hf]([Cl])([Cl])([SiH](C)C)[C]1(Cc2ccccc2)C(C(C)C)=Cc2ccccc21. The molecule has 2 aliphatic rings. The van der Waals surface area contributed by atoms with Crippen LogP contribution in [-0.2, 0) is 34.5 Å². The fourth-order valence-electron chi connectivity index (χ4n) is 9.13. The fourth-order valence-corrected chi connectivity index (χ4v) is 66.4. The topological polar surface area (TPSA) is 0 Å². The van der Waals surface area contributed by atoms with Crippen LogP contribution in [0.2, 0.25) is 13.1 Å². The number of halogens is 2. The maximum atomic E-state index is 9.25. The van der Waals surface area contributed by atoms with Crippen LogP contribution in [0.3, 0.4) is 0 Å². The number of hydrogen-bond acceptors (Lipinski definition) is 0. The van der Waals surface area contributed by atoms with E-state index in [0.29, 0.717) is 11.8 Å². The van der Waals surface area contributed by atoms with Gasteiger partial charge in [0.1, 0.15) is 0 Å². The number of allylic oxidation sites excluding steroid dienone is 2. The standard InChI is InChI=1S/2C19H19.C2H7Si.2ClH.Hf/c2*1-14(2)18-13-16-10-6-7-11-17(16)19(18)12-15-8-4-3-5-9-15;1-3-2;;;/h2*3-11,13-14H,12H2,1-2H3;3H,1-2H3;2*1H;/q;;;;;+2/p-2. The first-order valence-corrected chi connectivity index (χ1v) is 37.9. The molecule has 2 aliphatic carbocycles. The van der Waals surface area contributed by atoms with Crippen molar-refractivity contribution in [1.29, 1.82) is 0 Å². The summed E-state index contributed by atoms with van der Waals surface area (Å²) < 4.78 is -0.931. The van der Waals surface area contributed by atoms with Gasteiger partial charge in [-0.25, -0.2) is 0 Å². The van der Waals surface area contributed by atoms with Gasteiger partial charge in [0.05, 0.1) is 0 Å². The van der Waals surface area contributed by atoms with Gasteiger partial charge in [-0.2, -0.15) is 0 Å². The van der Waals surface area contributed by atoms with Gasteiger partial charge in [-0.1, -0.05) is 0 Å². The predicted octanol–water partition coefficient (Wildman–Crippen LogP) is 11.3. The number of hydrogen-bond donors (Lipinski definition) is 0. The van der Waals surface area contributed by atoms with Crippen molar-refractivity contribution in [3.05, 3.63) is 154 Å². The molecule has 0 nitrogen and oxygen atoms in total. The first kappa shape index (κ1) is 32.0. The van der Waals surface area contributed by atoms with Gasteiger partial charge < -0.3 is 0 Å². The molecule has 4 aromatic rings. The second-order valence-electron chi connectivity index (χ2n) is 14.1. The van der Waals surface area contributed by atoms with Crippen LogP contribution in [0.1, 0.15) is 61.1 Å². The summed E-state index contributed by atoms with van der Waals surface area (Å²) in [7, 11) is 18.5. The Kier molecular flexibility index (Phi) is 8.49. The van der Waals surface area contributed by atoms with Crippen molar-refractivity contribution < 1.29 is 15.3 Å². The van der Waals surface area contributed by atoms with E-state index < -0.39 is 27.6 Å². The molecule has 0 saturated carbocycles. The first-order chi connectivity index (χ1) is 21.0. The molecule has 0 bridgehead atoms. The van der Waals surface area contributed by atoms with Gasteiger partial charge in [-0.15, -0.1) is 0 Å².